The van der Waals surface area contributed by atoms with Crippen LogP contribution in [0.2, 0.25) is 0 Å². The van der Waals surface area contributed by atoms with Gasteiger partial charge in [-0.2, -0.15) is 17.0 Å². The fourth-order valence-corrected chi connectivity index (χ4v) is 3.85. The summed E-state index contributed by atoms with van der Waals surface area (Å²) in [5.41, 5.74) is 10.9. The van der Waals surface area contributed by atoms with Crippen molar-refractivity contribution in [2.24, 2.45) is 17.4 Å². The number of nitrogens with two attached hydrogens (primary N) is 2. The van der Waals surface area contributed by atoms with Crippen LogP contribution in [0.1, 0.15) is 13.8 Å². The zero-order valence-electron chi connectivity index (χ0n) is 11.0. The van der Waals surface area contributed by atoms with Crippen LogP contribution in [-0.4, -0.2) is 62.0 Å². The molecule has 0 aromatic heterocycles. The van der Waals surface area contributed by atoms with Crippen molar-refractivity contribution in [1.82, 2.24) is 8.61 Å². The van der Waals surface area contributed by atoms with Gasteiger partial charge in [-0.05, 0) is 12.8 Å². The van der Waals surface area contributed by atoms with Gasteiger partial charge in [-0.15, -0.1) is 0 Å². The fourth-order valence-electron chi connectivity index (χ4n) is 2.03. The minimum Gasteiger partial charge on any atom is -0.329 e. The zero-order valence-corrected chi connectivity index (χ0v) is 11.8. The third kappa shape index (κ3) is 3.18. The minimum absolute atomic E-state index is 0.0670. The molecule has 1 heterocycles. The van der Waals surface area contributed by atoms with Crippen molar-refractivity contribution in [1.29, 1.82) is 0 Å². The van der Waals surface area contributed by atoms with Crippen LogP contribution in [-0.2, 0) is 10.2 Å². The van der Waals surface area contributed by atoms with E-state index in [0.29, 0.717) is 6.54 Å². The molecular weight excluding hydrogens is 259 g/mol. The van der Waals surface area contributed by atoms with Gasteiger partial charge in [-0.3, -0.25) is 0 Å². The predicted octanol–water partition coefficient (Wildman–Crippen LogP) is -0.869. The predicted molar refractivity (Wildman–Crippen MR) is 68.9 cm³/mol. The van der Waals surface area contributed by atoms with E-state index in [1.807, 2.05) is 13.8 Å². The monoisotopic (exact) mass is 282 g/mol. The molecule has 0 aromatic rings. The molecule has 0 amide bonds. The first kappa shape index (κ1) is 15.8. The molecule has 0 unspecified atom stereocenters. The van der Waals surface area contributed by atoms with Gasteiger partial charge in [0.25, 0.3) is 10.2 Å². The maximum Gasteiger partial charge on any atom is 0.282 e. The molecule has 0 saturated carbocycles. The lowest BCUT2D eigenvalue weighted by molar-refractivity contribution is 0.327. The molecule has 108 valence electrons. The van der Waals surface area contributed by atoms with Gasteiger partial charge in [0.2, 0.25) is 0 Å². The van der Waals surface area contributed by atoms with Gasteiger partial charge in [-0.1, -0.05) is 6.92 Å². The molecule has 6 nitrogen and oxygen atoms in total. The molecule has 0 radical (unpaired) electrons. The molecule has 0 aromatic carbocycles. The van der Waals surface area contributed by atoms with Crippen LogP contribution < -0.4 is 11.5 Å². The van der Waals surface area contributed by atoms with Crippen molar-refractivity contribution < 1.29 is 12.8 Å². The topological polar surface area (TPSA) is 92.7 Å². The van der Waals surface area contributed by atoms with Crippen molar-refractivity contribution in [2.75, 3.05) is 39.4 Å². The van der Waals surface area contributed by atoms with Crippen LogP contribution in [0.5, 0.6) is 0 Å². The highest BCUT2D eigenvalue weighted by Gasteiger charge is 2.43. The van der Waals surface area contributed by atoms with Crippen LogP contribution in [0.3, 0.4) is 0 Å². The second kappa shape index (κ2) is 5.79. The summed E-state index contributed by atoms with van der Waals surface area (Å²) in [6.07, 6.45) is 0. The quantitative estimate of drug-likeness (QED) is 0.662. The lowest BCUT2D eigenvalue weighted by atomic mass is 9.92. The summed E-state index contributed by atoms with van der Waals surface area (Å²) in [5, 5.41) is 0. The standard InChI is InChI=1S/C10H23FN4O2S/c1-9-7-15(8-10(9,2)13)18(16,17)14(5-3-11)6-4-12/h9H,3-8,12-13H2,1-2H3/t9-,10-/m0/s1. The first-order chi connectivity index (χ1) is 8.25. The molecule has 0 bridgehead atoms. The van der Waals surface area contributed by atoms with Gasteiger partial charge >= 0.3 is 0 Å². The van der Waals surface area contributed by atoms with Gasteiger partial charge in [0.1, 0.15) is 6.67 Å². The maximum absolute atomic E-state index is 12.4. The van der Waals surface area contributed by atoms with Gasteiger partial charge in [-0.25, -0.2) is 4.39 Å². The highest BCUT2D eigenvalue weighted by atomic mass is 32.2. The summed E-state index contributed by atoms with van der Waals surface area (Å²) < 4.78 is 39.5. The maximum atomic E-state index is 12.4. The molecule has 1 fully saturated rings. The summed E-state index contributed by atoms with van der Waals surface area (Å²) in [5.74, 6) is 0.0670. The first-order valence-electron chi connectivity index (χ1n) is 6.06. The van der Waals surface area contributed by atoms with Gasteiger partial charge in [0.05, 0.1) is 0 Å². The van der Waals surface area contributed by atoms with Gasteiger partial charge < -0.3 is 11.5 Å². The molecule has 8 heteroatoms. The average molecular weight is 282 g/mol. The second-order valence-corrected chi connectivity index (χ2v) is 7.01. The van der Waals surface area contributed by atoms with E-state index in [4.69, 9.17) is 11.5 Å². The molecule has 18 heavy (non-hydrogen) atoms. The van der Waals surface area contributed by atoms with Crippen molar-refractivity contribution in [3.8, 4) is 0 Å². The SMILES string of the molecule is C[C@H]1CN(S(=O)(=O)N(CCN)CCF)C[C@]1(C)N. The Hall–Kier alpha value is -0.280. The normalized spacial score (nSPS) is 30.2. The number of hydrogen-bond donors (Lipinski definition) is 2. The second-order valence-electron chi connectivity index (χ2n) is 5.08. The van der Waals surface area contributed by atoms with E-state index >= 15 is 0 Å². The molecule has 2 atom stereocenters. The van der Waals surface area contributed by atoms with Crippen LogP contribution in [0, 0.1) is 5.92 Å². The largest absolute Gasteiger partial charge is 0.329 e. The van der Waals surface area contributed by atoms with E-state index in [2.05, 4.69) is 0 Å². The highest BCUT2D eigenvalue weighted by Crippen LogP contribution is 2.27. The highest BCUT2D eigenvalue weighted by molar-refractivity contribution is 7.86. The first-order valence-corrected chi connectivity index (χ1v) is 7.45. The number of hydrogen-bond acceptors (Lipinski definition) is 4. The molecule has 0 spiro atoms. The number of nitrogens with zero attached hydrogens (tertiary/aromatic N) is 2. The van der Waals surface area contributed by atoms with Crippen molar-refractivity contribution in [2.45, 2.75) is 19.4 Å². The molecule has 1 aliphatic rings. The van der Waals surface area contributed by atoms with E-state index in [1.165, 1.54) is 4.31 Å². The Kier molecular flexibility index (Phi) is 5.07. The Morgan fingerprint density at radius 1 is 1.50 bits per heavy atom. The van der Waals surface area contributed by atoms with Crippen LogP contribution in [0.15, 0.2) is 0 Å². The number of alkyl halides is 1. The van der Waals surface area contributed by atoms with Crippen molar-refractivity contribution >= 4 is 10.2 Å². The molecule has 1 saturated heterocycles. The van der Waals surface area contributed by atoms with Crippen LogP contribution in [0.4, 0.5) is 4.39 Å². The Bertz CT molecular complexity index is 368. The van der Waals surface area contributed by atoms with Gasteiger partial charge in [0, 0.05) is 38.3 Å². The molecular formula is C10H23FN4O2S. The van der Waals surface area contributed by atoms with Crippen LogP contribution in [0.25, 0.3) is 0 Å². The lowest BCUT2D eigenvalue weighted by Crippen LogP contribution is -2.48. The molecule has 1 rings (SSSR count). The van der Waals surface area contributed by atoms with E-state index in [1.54, 1.807) is 0 Å². The van der Waals surface area contributed by atoms with Crippen molar-refractivity contribution in [3.05, 3.63) is 0 Å². The number of rotatable bonds is 6. The summed E-state index contributed by atoms with van der Waals surface area (Å²) in [4.78, 5) is 0. The Morgan fingerprint density at radius 2 is 2.11 bits per heavy atom. The smallest absolute Gasteiger partial charge is 0.282 e. The summed E-state index contributed by atoms with van der Waals surface area (Å²) in [7, 11) is -3.66. The lowest BCUT2D eigenvalue weighted by Gasteiger charge is -2.27. The van der Waals surface area contributed by atoms with E-state index < -0.39 is 22.4 Å². The summed E-state index contributed by atoms with van der Waals surface area (Å²) in [6.45, 7) is 3.77. The zero-order chi connectivity index (χ0) is 14.0. The van der Waals surface area contributed by atoms with E-state index in [9.17, 15) is 12.8 Å². The Labute approximate surface area is 108 Å². The third-order valence-electron chi connectivity index (χ3n) is 3.49. The average Bonchev–Trinajstić information content (AvgIpc) is 2.54. The van der Waals surface area contributed by atoms with Crippen molar-refractivity contribution in [3.63, 3.8) is 0 Å². The Morgan fingerprint density at radius 3 is 2.50 bits per heavy atom. The van der Waals surface area contributed by atoms with E-state index in [0.717, 1.165) is 4.31 Å². The third-order valence-corrected chi connectivity index (χ3v) is 5.43. The van der Waals surface area contributed by atoms with E-state index in [-0.39, 0.29) is 32.1 Å². The number of halogens is 1. The molecule has 1 aliphatic heterocycles. The molecule has 0 aliphatic carbocycles. The summed E-state index contributed by atoms with van der Waals surface area (Å²) in [6, 6.07) is 0. The van der Waals surface area contributed by atoms with Crippen LogP contribution >= 0.6 is 0 Å². The van der Waals surface area contributed by atoms with Gasteiger partial charge in [0.15, 0.2) is 0 Å². The fraction of sp³-hybridized carbons (Fsp3) is 1.00. The molecule has 4 N–H and O–H groups in total. The Balaban J connectivity index is 2.86. The minimum atomic E-state index is -3.66. The summed E-state index contributed by atoms with van der Waals surface area (Å²) >= 11 is 0.